The zero-order valence-electron chi connectivity index (χ0n) is 12.0. The van der Waals surface area contributed by atoms with Gasteiger partial charge in [0.2, 0.25) is 0 Å². The van der Waals surface area contributed by atoms with Crippen LogP contribution in [-0.2, 0) is 0 Å². The maximum absolute atomic E-state index is 12.2. The number of aryl methyl sites for hydroxylation is 1. The number of benzene rings is 1. The van der Waals surface area contributed by atoms with Crippen LogP contribution in [0.2, 0.25) is 0 Å². The van der Waals surface area contributed by atoms with E-state index in [1.807, 2.05) is 30.3 Å². The van der Waals surface area contributed by atoms with Crippen molar-refractivity contribution < 1.29 is 9.90 Å². The van der Waals surface area contributed by atoms with Gasteiger partial charge in [0.05, 0.1) is 5.39 Å². The van der Waals surface area contributed by atoms with Crippen molar-refractivity contribution in [2.45, 2.75) is 6.92 Å². The van der Waals surface area contributed by atoms with Gasteiger partial charge >= 0.3 is 5.97 Å². The Balaban J connectivity index is 2.06. The number of nitrogens with zero attached hydrogens (tertiary/aromatic N) is 1. The van der Waals surface area contributed by atoms with Gasteiger partial charge in [0.25, 0.3) is 5.56 Å². The van der Waals surface area contributed by atoms with E-state index in [1.165, 1.54) is 0 Å². The highest BCUT2D eigenvalue weighted by Crippen LogP contribution is 2.27. The number of hydrogen-bond acceptors (Lipinski definition) is 4. The molecule has 0 unspecified atom stereocenters. The third-order valence-corrected chi connectivity index (χ3v) is 4.96. The van der Waals surface area contributed by atoms with E-state index in [9.17, 15) is 9.59 Å². The van der Waals surface area contributed by atoms with E-state index in [1.54, 1.807) is 13.0 Å². The standard InChI is InChI=1S/C16H11BrN2O3S/c1-8-12-14(20)18-11(19-15(12)23-13(8)16(21)22)6-5-9-3-2-4-10(17)7-9/h2-7H,1H3,(H,21,22)(H,18,19,20)/b6-5+. The Morgan fingerprint density at radius 1 is 1.39 bits per heavy atom. The normalized spacial score (nSPS) is 11.4. The van der Waals surface area contributed by atoms with E-state index < -0.39 is 5.97 Å². The Labute approximate surface area is 143 Å². The Morgan fingerprint density at radius 3 is 2.87 bits per heavy atom. The highest BCUT2D eigenvalue weighted by atomic mass is 79.9. The van der Waals surface area contributed by atoms with Crippen molar-refractivity contribution in [3.05, 3.63) is 60.9 Å². The molecule has 0 amide bonds. The molecule has 0 saturated carbocycles. The summed E-state index contributed by atoms with van der Waals surface area (Å²) in [6.45, 7) is 1.62. The van der Waals surface area contributed by atoms with Gasteiger partial charge in [0, 0.05) is 4.47 Å². The Bertz CT molecular complexity index is 1000. The number of hydrogen-bond donors (Lipinski definition) is 2. The Morgan fingerprint density at radius 2 is 2.17 bits per heavy atom. The van der Waals surface area contributed by atoms with Crippen LogP contribution in [0.1, 0.15) is 26.6 Å². The minimum Gasteiger partial charge on any atom is -0.477 e. The molecular formula is C16H11BrN2O3S. The first-order valence-electron chi connectivity index (χ1n) is 6.66. The molecule has 2 aromatic heterocycles. The predicted molar refractivity (Wildman–Crippen MR) is 95.0 cm³/mol. The van der Waals surface area contributed by atoms with E-state index in [0.717, 1.165) is 21.4 Å². The lowest BCUT2D eigenvalue weighted by molar-refractivity contribution is 0.0701. The minimum atomic E-state index is -1.05. The SMILES string of the molecule is Cc1c(C(=O)O)sc2nc(/C=C/c3cccc(Br)c3)[nH]c(=O)c12. The first-order chi connectivity index (χ1) is 11.0. The molecule has 0 spiro atoms. The largest absolute Gasteiger partial charge is 0.477 e. The first-order valence-corrected chi connectivity index (χ1v) is 8.27. The molecule has 1 aromatic carbocycles. The van der Waals surface area contributed by atoms with Crippen LogP contribution in [-0.4, -0.2) is 21.0 Å². The van der Waals surface area contributed by atoms with Gasteiger partial charge in [0.1, 0.15) is 15.5 Å². The monoisotopic (exact) mass is 390 g/mol. The van der Waals surface area contributed by atoms with Gasteiger partial charge in [-0.05, 0) is 36.3 Å². The Kier molecular flexibility index (Phi) is 4.14. The quantitative estimate of drug-likeness (QED) is 0.709. The van der Waals surface area contributed by atoms with Crippen LogP contribution < -0.4 is 5.56 Å². The molecule has 0 bridgehead atoms. The number of aromatic carboxylic acids is 1. The molecule has 23 heavy (non-hydrogen) atoms. The molecule has 0 atom stereocenters. The maximum Gasteiger partial charge on any atom is 0.346 e. The molecule has 3 rings (SSSR count). The van der Waals surface area contributed by atoms with Crippen molar-refractivity contribution >= 4 is 55.6 Å². The lowest BCUT2D eigenvalue weighted by atomic mass is 10.2. The summed E-state index contributed by atoms with van der Waals surface area (Å²) in [5.41, 5.74) is 1.08. The van der Waals surface area contributed by atoms with Gasteiger partial charge < -0.3 is 10.1 Å². The second-order valence-electron chi connectivity index (χ2n) is 4.88. The van der Waals surface area contributed by atoms with Crippen LogP contribution in [0.4, 0.5) is 0 Å². The fraction of sp³-hybridized carbons (Fsp3) is 0.0625. The number of aromatic nitrogens is 2. The van der Waals surface area contributed by atoms with E-state index in [0.29, 0.717) is 21.6 Å². The summed E-state index contributed by atoms with van der Waals surface area (Å²) < 4.78 is 0.955. The highest BCUT2D eigenvalue weighted by Gasteiger charge is 2.18. The highest BCUT2D eigenvalue weighted by molar-refractivity contribution is 9.10. The molecule has 7 heteroatoms. The van der Waals surface area contributed by atoms with E-state index in [-0.39, 0.29) is 10.4 Å². The summed E-state index contributed by atoms with van der Waals surface area (Å²) in [6, 6.07) is 7.69. The fourth-order valence-electron chi connectivity index (χ4n) is 2.23. The third kappa shape index (κ3) is 3.11. The molecule has 5 nitrogen and oxygen atoms in total. The maximum atomic E-state index is 12.2. The van der Waals surface area contributed by atoms with Crippen LogP contribution in [0.25, 0.3) is 22.4 Å². The molecule has 2 heterocycles. The van der Waals surface area contributed by atoms with Crippen LogP contribution in [0.3, 0.4) is 0 Å². The van der Waals surface area contributed by atoms with Crippen LogP contribution in [0.15, 0.2) is 33.5 Å². The van der Waals surface area contributed by atoms with E-state index >= 15 is 0 Å². The van der Waals surface area contributed by atoms with Crippen molar-refractivity contribution in [1.29, 1.82) is 0 Å². The number of halogens is 1. The summed E-state index contributed by atoms with van der Waals surface area (Å²) >= 11 is 4.41. The fourth-order valence-corrected chi connectivity index (χ4v) is 3.67. The van der Waals surface area contributed by atoms with Gasteiger partial charge in [-0.25, -0.2) is 9.78 Å². The molecule has 0 saturated heterocycles. The number of carboxylic acid groups (broad SMARTS) is 1. The lowest BCUT2D eigenvalue weighted by Crippen LogP contribution is -2.09. The number of H-pyrrole nitrogens is 1. The van der Waals surface area contributed by atoms with Gasteiger partial charge in [0.15, 0.2) is 0 Å². The predicted octanol–water partition coefficient (Wildman–Crippen LogP) is 3.92. The topological polar surface area (TPSA) is 83.0 Å². The van der Waals surface area contributed by atoms with Crippen LogP contribution in [0, 0.1) is 6.92 Å². The van der Waals surface area contributed by atoms with Crippen molar-refractivity contribution in [2.24, 2.45) is 0 Å². The smallest absolute Gasteiger partial charge is 0.346 e. The number of rotatable bonds is 3. The molecular weight excluding hydrogens is 380 g/mol. The number of carboxylic acids is 1. The van der Waals surface area contributed by atoms with Gasteiger partial charge in [-0.15, -0.1) is 11.3 Å². The summed E-state index contributed by atoms with van der Waals surface area (Å²) in [6.07, 6.45) is 3.52. The van der Waals surface area contributed by atoms with Crippen LogP contribution in [0.5, 0.6) is 0 Å². The van der Waals surface area contributed by atoms with Crippen LogP contribution >= 0.6 is 27.3 Å². The number of thiophene rings is 1. The van der Waals surface area contributed by atoms with Crippen molar-refractivity contribution in [2.75, 3.05) is 0 Å². The van der Waals surface area contributed by atoms with Crippen molar-refractivity contribution in [3.63, 3.8) is 0 Å². The second-order valence-corrected chi connectivity index (χ2v) is 6.80. The van der Waals surface area contributed by atoms with Gasteiger partial charge in [-0.1, -0.05) is 34.1 Å². The first kappa shape index (κ1) is 15.6. The second kappa shape index (κ2) is 6.10. The molecule has 0 radical (unpaired) electrons. The molecule has 0 aliphatic carbocycles. The summed E-state index contributed by atoms with van der Waals surface area (Å²) in [4.78, 5) is 31.0. The third-order valence-electron chi connectivity index (χ3n) is 3.30. The number of nitrogens with one attached hydrogen (secondary N) is 1. The number of aromatic amines is 1. The summed E-state index contributed by atoms with van der Waals surface area (Å²) in [7, 11) is 0. The zero-order chi connectivity index (χ0) is 16.6. The molecule has 116 valence electrons. The number of carbonyl (C=O) groups is 1. The summed E-state index contributed by atoms with van der Waals surface area (Å²) in [5, 5.41) is 9.50. The van der Waals surface area contributed by atoms with Gasteiger partial charge in [-0.3, -0.25) is 4.79 Å². The van der Waals surface area contributed by atoms with E-state index in [2.05, 4.69) is 25.9 Å². The average molecular weight is 391 g/mol. The van der Waals surface area contributed by atoms with Crippen molar-refractivity contribution in [3.8, 4) is 0 Å². The van der Waals surface area contributed by atoms with E-state index in [4.69, 9.17) is 5.11 Å². The molecule has 3 aromatic rings. The molecule has 2 N–H and O–H groups in total. The zero-order valence-corrected chi connectivity index (χ0v) is 14.4. The number of fused-ring (bicyclic) bond motifs is 1. The average Bonchev–Trinajstić information content (AvgIpc) is 2.83. The summed E-state index contributed by atoms with van der Waals surface area (Å²) in [5.74, 6) is -0.656. The lowest BCUT2D eigenvalue weighted by Gasteiger charge is -1.96. The minimum absolute atomic E-state index is 0.145. The Hall–Kier alpha value is -2.25. The van der Waals surface area contributed by atoms with Crippen molar-refractivity contribution in [1.82, 2.24) is 9.97 Å². The molecule has 0 aliphatic rings. The molecule has 0 fully saturated rings. The molecule has 0 aliphatic heterocycles. The van der Waals surface area contributed by atoms with Gasteiger partial charge in [-0.2, -0.15) is 0 Å².